The van der Waals surface area contributed by atoms with Gasteiger partial charge in [0.05, 0.1) is 16.8 Å². The maximum atomic E-state index is 9.22. The summed E-state index contributed by atoms with van der Waals surface area (Å²) in [6.45, 7) is 2.09. The van der Waals surface area contributed by atoms with Gasteiger partial charge in [0.25, 0.3) is 0 Å². The third kappa shape index (κ3) is 1.34. The lowest BCUT2D eigenvalue weighted by Crippen LogP contribution is -2.20. The normalized spacial score (nSPS) is 23.4. The molecule has 1 N–H and O–H groups in total. The van der Waals surface area contributed by atoms with E-state index in [2.05, 4.69) is 11.9 Å². The van der Waals surface area contributed by atoms with Crippen LogP contribution in [0.4, 0.5) is 0 Å². The van der Waals surface area contributed by atoms with Crippen molar-refractivity contribution < 1.29 is 9.84 Å². The van der Waals surface area contributed by atoms with Gasteiger partial charge in [-0.15, -0.1) is 11.3 Å². The van der Waals surface area contributed by atoms with Gasteiger partial charge in [0.2, 0.25) is 0 Å². The minimum Gasteiger partial charge on any atom is -0.487 e. The Morgan fingerprint density at radius 1 is 1.56 bits per heavy atom. The highest BCUT2D eigenvalue weighted by Gasteiger charge is 2.32. The fourth-order valence-electron chi connectivity index (χ4n) is 2.15. The number of thiazole rings is 1. The summed E-state index contributed by atoms with van der Waals surface area (Å²) in [5.74, 6) is 1.03. The van der Waals surface area contributed by atoms with Crippen molar-refractivity contribution >= 4 is 33.2 Å². The van der Waals surface area contributed by atoms with Gasteiger partial charge in [-0.1, -0.05) is 18.5 Å². The molecule has 2 unspecified atom stereocenters. The van der Waals surface area contributed by atoms with Crippen LogP contribution in [0.25, 0.3) is 10.2 Å². The second-order valence-corrected chi connectivity index (χ2v) is 5.50. The van der Waals surface area contributed by atoms with Crippen LogP contribution in [0.2, 0.25) is 4.47 Å². The largest absolute Gasteiger partial charge is 0.487 e. The molecule has 0 fully saturated rings. The predicted molar refractivity (Wildman–Crippen MR) is 64.5 cm³/mol. The molecule has 3 rings (SSSR count). The van der Waals surface area contributed by atoms with Crippen LogP contribution in [-0.2, 0) is 0 Å². The summed E-state index contributed by atoms with van der Waals surface area (Å²) in [5.41, 5.74) is 2.03. The Labute approximate surface area is 102 Å². The number of ether oxygens (including phenoxy) is 1. The molecule has 1 aromatic carbocycles. The Kier molecular flexibility index (Phi) is 2.31. The van der Waals surface area contributed by atoms with Gasteiger partial charge in [0, 0.05) is 11.5 Å². The van der Waals surface area contributed by atoms with Gasteiger partial charge in [0.15, 0.2) is 4.47 Å². The Morgan fingerprint density at radius 2 is 2.38 bits per heavy atom. The number of nitrogens with zero attached hydrogens (tertiary/aromatic N) is 1. The van der Waals surface area contributed by atoms with E-state index < -0.39 is 0 Å². The quantitative estimate of drug-likeness (QED) is 0.852. The molecular weight excluding hydrogens is 246 g/mol. The first-order valence-electron chi connectivity index (χ1n) is 5.07. The summed E-state index contributed by atoms with van der Waals surface area (Å²) in [7, 11) is 0. The molecule has 1 aliphatic heterocycles. The molecule has 1 aromatic heterocycles. The summed E-state index contributed by atoms with van der Waals surface area (Å²) >= 11 is 7.39. The number of rotatable bonds is 1. The molecule has 2 heterocycles. The summed E-state index contributed by atoms with van der Waals surface area (Å²) in [6, 6.07) is 3.81. The van der Waals surface area contributed by atoms with E-state index in [1.165, 1.54) is 11.3 Å². The van der Waals surface area contributed by atoms with Gasteiger partial charge in [-0.2, -0.15) is 0 Å². The average molecular weight is 256 g/mol. The van der Waals surface area contributed by atoms with Crippen molar-refractivity contribution in [3.63, 3.8) is 0 Å². The van der Waals surface area contributed by atoms with Gasteiger partial charge in [-0.25, -0.2) is 4.98 Å². The topological polar surface area (TPSA) is 42.4 Å². The summed E-state index contributed by atoms with van der Waals surface area (Å²) in [5, 5.41) is 9.22. The van der Waals surface area contributed by atoms with Crippen LogP contribution in [0, 0.1) is 0 Å². The third-order valence-corrected chi connectivity index (χ3v) is 4.21. The molecule has 0 amide bonds. The Balaban J connectivity index is 2.25. The first-order chi connectivity index (χ1) is 7.70. The van der Waals surface area contributed by atoms with Crippen molar-refractivity contribution in [1.82, 2.24) is 4.98 Å². The lowest BCUT2D eigenvalue weighted by Gasteiger charge is -2.10. The zero-order valence-corrected chi connectivity index (χ0v) is 10.2. The SMILES string of the molecule is CC1c2c(ccc3nc(Cl)sc23)OC1CO. The molecule has 0 saturated heterocycles. The van der Waals surface area contributed by atoms with Crippen molar-refractivity contribution in [1.29, 1.82) is 0 Å². The number of benzene rings is 1. The Bertz CT molecular complexity index is 554. The number of aromatic nitrogens is 1. The fraction of sp³-hybridized carbons (Fsp3) is 0.364. The number of aliphatic hydroxyl groups excluding tert-OH is 1. The zero-order chi connectivity index (χ0) is 11.3. The molecule has 3 nitrogen and oxygen atoms in total. The fourth-order valence-corrected chi connectivity index (χ4v) is 3.40. The molecule has 2 atom stereocenters. The van der Waals surface area contributed by atoms with Gasteiger partial charge in [-0.3, -0.25) is 0 Å². The van der Waals surface area contributed by atoms with Gasteiger partial charge < -0.3 is 9.84 Å². The van der Waals surface area contributed by atoms with Gasteiger partial charge in [0.1, 0.15) is 11.9 Å². The van der Waals surface area contributed by atoms with Crippen molar-refractivity contribution in [2.45, 2.75) is 18.9 Å². The first kappa shape index (κ1) is 10.3. The average Bonchev–Trinajstić information content (AvgIpc) is 2.78. The van der Waals surface area contributed by atoms with Crippen LogP contribution in [0.3, 0.4) is 0 Å². The summed E-state index contributed by atoms with van der Waals surface area (Å²) in [6.07, 6.45) is -0.151. The van der Waals surface area contributed by atoms with Crippen LogP contribution < -0.4 is 4.74 Å². The van der Waals surface area contributed by atoms with E-state index >= 15 is 0 Å². The van der Waals surface area contributed by atoms with E-state index in [4.69, 9.17) is 16.3 Å². The lowest BCUT2D eigenvalue weighted by atomic mass is 9.98. The third-order valence-electron chi connectivity index (χ3n) is 3.00. The molecule has 0 saturated carbocycles. The second-order valence-electron chi connectivity index (χ2n) is 3.92. The van der Waals surface area contributed by atoms with Gasteiger partial charge in [-0.05, 0) is 12.1 Å². The standard InChI is InChI=1S/C11H10ClNO2S/c1-5-8(4-14)15-7-3-2-6-10(9(5)7)16-11(12)13-6/h2-3,5,8,14H,4H2,1H3. The molecular formula is C11H10ClNO2S. The minimum atomic E-state index is -0.151. The Morgan fingerprint density at radius 3 is 3.12 bits per heavy atom. The van der Waals surface area contributed by atoms with Gasteiger partial charge >= 0.3 is 0 Å². The number of aliphatic hydroxyl groups is 1. The molecule has 0 spiro atoms. The molecule has 1 aliphatic rings. The van der Waals surface area contributed by atoms with E-state index in [0.29, 0.717) is 4.47 Å². The van der Waals surface area contributed by atoms with Crippen molar-refractivity contribution in [2.75, 3.05) is 6.61 Å². The number of halogens is 1. The van der Waals surface area contributed by atoms with Crippen LogP contribution in [0.5, 0.6) is 5.75 Å². The Hall–Kier alpha value is -0.840. The monoisotopic (exact) mass is 255 g/mol. The molecule has 84 valence electrons. The summed E-state index contributed by atoms with van der Waals surface area (Å²) in [4.78, 5) is 4.24. The van der Waals surface area contributed by atoms with Crippen LogP contribution in [0.1, 0.15) is 18.4 Å². The maximum absolute atomic E-state index is 9.22. The van der Waals surface area contributed by atoms with E-state index in [0.717, 1.165) is 21.5 Å². The highest BCUT2D eigenvalue weighted by molar-refractivity contribution is 7.22. The van der Waals surface area contributed by atoms with E-state index in [1.807, 2.05) is 12.1 Å². The molecule has 0 radical (unpaired) electrons. The molecule has 0 aliphatic carbocycles. The van der Waals surface area contributed by atoms with Crippen LogP contribution in [0.15, 0.2) is 12.1 Å². The zero-order valence-electron chi connectivity index (χ0n) is 8.61. The molecule has 16 heavy (non-hydrogen) atoms. The highest BCUT2D eigenvalue weighted by atomic mass is 35.5. The van der Waals surface area contributed by atoms with E-state index in [1.54, 1.807) is 0 Å². The predicted octanol–water partition coefficient (Wildman–Crippen LogP) is 2.81. The molecule has 0 bridgehead atoms. The molecule has 2 aromatic rings. The maximum Gasteiger partial charge on any atom is 0.184 e. The van der Waals surface area contributed by atoms with Crippen molar-refractivity contribution in [2.24, 2.45) is 0 Å². The van der Waals surface area contributed by atoms with Crippen LogP contribution >= 0.6 is 22.9 Å². The number of hydrogen-bond acceptors (Lipinski definition) is 4. The van der Waals surface area contributed by atoms with Crippen LogP contribution in [-0.4, -0.2) is 22.8 Å². The minimum absolute atomic E-state index is 0.0316. The first-order valence-corrected chi connectivity index (χ1v) is 6.26. The lowest BCUT2D eigenvalue weighted by molar-refractivity contribution is 0.120. The molecule has 5 heteroatoms. The summed E-state index contributed by atoms with van der Waals surface area (Å²) < 4.78 is 7.29. The second kappa shape index (κ2) is 3.58. The number of fused-ring (bicyclic) bond motifs is 3. The smallest absolute Gasteiger partial charge is 0.184 e. The highest BCUT2D eigenvalue weighted by Crippen LogP contribution is 2.44. The van der Waals surface area contributed by atoms with E-state index in [9.17, 15) is 5.11 Å². The van der Waals surface area contributed by atoms with Crippen molar-refractivity contribution in [3.8, 4) is 5.75 Å². The number of hydrogen-bond donors (Lipinski definition) is 1. The van der Waals surface area contributed by atoms with E-state index in [-0.39, 0.29) is 18.6 Å². The van der Waals surface area contributed by atoms with Crippen molar-refractivity contribution in [3.05, 3.63) is 22.2 Å².